The van der Waals surface area contributed by atoms with Gasteiger partial charge in [0.25, 0.3) is 0 Å². The van der Waals surface area contributed by atoms with E-state index in [2.05, 4.69) is 81.1 Å². The first-order valence-electron chi connectivity index (χ1n) is 11.2. The molecule has 0 heterocycles. The molecule has 5 rings (SSSR count). The van der Waals surface area contributed by atoms with E-state index in [0.29, 0.717) is 10.8 Å². The van der Waals surface area contributed by atoms with Crippen molar-refractivity contribution in [3.05, 3.63) is 89.5 Å². The molecular weight excluding hydrogens is 348 g/mol. The van der Waals surface area contributed by atoms with Gasteiger partial charge in [-0.25, -0.2) is 0 Å². The number of fused-ring (bicyclic) bond motifs is 1. The first-order valence-corrected chi connectivity index (χ1v) is 11.2. The minimum atomic E-state index is 0.468. The molecule has 1 fully saturated rings. The summed E-state index contributed by atoms with van der Waals surface area (Å²) in [4.78, 5) is 0. The van der Waals surface area contributed by atoms with Gasteiger partial charge in [0.2, 0.25) is 0 Å². The van der Waals surface area contributed by atoms with Crippen LogP contribution in [0.4, 0.5) is 0 Å². The van der Waals surface area contributed by atoms with Crippen LogP contribution >= 0.6 is 0 Å². The maximum atomic E-state index is 4.54. The monoisotopic (exact) mass is 380 g/mol. The molecule has 0 bridgehead atoms. The third-order valence-corrected chi connectivity index (χ3v) is 7.66. The van der Waals surface area contributed by atoms with Crippen LogP contribution in [0.5, 0.6) is 0 Å². The SMILES string of the molecule is C=C1CC2(CCC(C)(C)CC2)Cc2ccc(C3=CC(c4ccccc4)=CC3)cc21. The van der Waals surface area contributed by atoms with Crippen molar-refractivity contribution in [2.75, 3.05) is 0 Å². The summed E-state index contributed by atoms with van der Waals surface area (Å²) < 4.78 is 0. The van der Waals surface area contributed by atoms with Gasteiger partial charge in [-0.05, 0) is 101 Å². The highest BCUT2D eigenvalue weighted by Crippen LogP contribution is 2.54. The second kappa shape index (κ2) is 6.87. The minimum absolute atomic E-state index is 0.468. The Morgan fingerprint density at radius 2 is 1.59 bits per heavy atom. The number of hydrogen-bond donors (Lipinski definition) is 0. The van der Waals surface area contributed by atoms with Crippen molar-refractivity contribution in [1.29, 1.82) is 0 Å². The van der Waals surface area contributed by atoms with Crippen LogP contribution in [-0.2, 0) is 6.42 Å². The molecule has 29 heavy (non-hydrogen) atoms. The van der Waals surface area contributed by atoms with Crippen LogP contribution in [0.25, 0.3) is 16.7 Å². The molecule has 0 amide bonds. The number of hydrogen-bond acceptors (Lipinski definition) is 0. The van der Waals surface area contributed by atoms with Gasteiger partial charge in [0.05, 0.1) is 0 Å². The highest BCUT2D eigenvalue weighted by Gasteiger charge is 2.41. The number of benzene rings is 2. The lowest BCUT2D eigenvalue weighted by atomic mass is 9.58. The molecule has 2 aromatic rings. The van der Waals surface area contributed by atoms with Crippen LogP contribution in [-0.4, -0.2) is 0 Å². The molecule has 0 nitrogen and oxygen atoms in total. The summed E-state index contributed by atoms with van der Waals surface area (Å²) in [5, 5.41) is 0. The molecule has 3 aliphatic rings. The summed E-state index contributed by atoms with van der Waals surface area (Å²) in [5.74, 6) is 0. The zero-order valence-electron chi connectivity index (χ0n) is 17.9. The van der Waals surface area contributed by atoms with Gasteiger partial charge in [-0.1, -0.05) is 75.0 Å². The van der Waals surface area contributed by atoms with Crippen LogP contribution in [0, 0.1) is 10.8 Å². The summed E-state index contributed by atoms with van der Waals surface area (Å²) in [6.07, 6.45) is 13.6. The summed E-state index contributed by atoms with van der Waals surface area (Å²) in [7, 11) is 0. The largest absolute Gasteiger partial charge is 0.0952 e. The van der Waals surface area contributed by atoms with Gasteiger partial charge in [0.15, 0.2) is 0 Å². The van der Waals surface area contributed by atoms with Gasteiger partial charge in [0.1, 0.15) is 0 Å². The van der Waals surface area contributed by atoms with Crippen molar-refractivity contribution in [3.8, 4) is 0 Å². The molecule has 0 unspecified atom stereocenters. The Morgan fingerprint density at radius 3 is 2.34 bits per heavy atom. The van der Waals surface area contributed by atoms with Crippen LogP contribution in [0.2, 0.25) is 0 Å². The topological polar surface area (TPSA) is 0 Å². The summed E-state index contributed by atoms with van der Waals surface area (Å²) in [6.45, 7) is 9.41. The molecular formula is C29H32. The third-order valence-electron chi connectivity index (χ3n) is 7.66. The first kappa shape index (κ1) is 18.7. The van der Waals surface area contributed by atoms with E-state index < -0.39 is 0 Å². The second-order valence-corrected chi connectivity index (χ2v) is 10.4. The molecule has 0 radical (unpaired) electrons. The van der Waals surface area contributed by atoms with Crippen molar-refractivity contribution in [1.82, 2.24) is 0 Å². The zero-order chi connectivity index (χ0) is 20.1. The van der Waals surface area contributed by atoms with Gasteiger partial charge in [-0.2, -0.15) is 0 Å². The predicted molar refractivity (Wildman–Crippen MR) is 125 cm³/mol. The lowest BCUT2D eigenvalue weighted by Gasteiger charge is -2.47. The van der Waals surface area contributed by atoms with E-state index >= 15 is 0 Å². The van der Waals surface area contributed by atoms with E-state index in [-0.39, 0.29) is 0 Å². The lowest BCUT2D eigenvalue weighted by molar-refractivity contribution is 0.102. The lowest BCUT2D eigenvalue weighted by Crippen LogP contribution is -2.35. The quantitative estimate of drug-likeness (QED) is 0.493. The molecule has 0 aliphatic heterocycles. The minimum Gasteiger partial charge on any atom is -0.0952 e. The van der Waals surface area contributed by atoms with Gasteiger partial charge in [0, 0.05) is 0 Å². The summed E-state index contributed by atoms with van der Waals surface area (Å²) in [6, 6.07) is 17.9. The van der Waals surface area contributed by atoms with Gasteiger partial charge in [-0.15, -0.1) is 0 Å². The van der Waals surface area contributed by atoms with E-state index in [0.717, 1.165) is 6.42 Å². The summed E-state index contributed by atoms with van der Waals surface area (Å²) >= 11 is 0. The van der Waals surface area contributed by atoms with E-state index in [1.165, 1.54) is 77.5 Å². The average Bonchev–Trinajstić information content (AvgIpc) is 3.22. The smallest absolute Gasteiger partial charge is 0.00821 e. The van der Waals surface area contributed by atoms with E-state index in [4.69, 9.17) is 0 Å². The Morgan fingerprint density at radius 1 is 0.828 bits per heavy atom. The Bertz CT molecular complexity index is 1000. The third kappa shape index (κ3) is 3.54. The van der Waals surface area contributed by atoms with Crippen molar-refractivity contribution in [3.63, 3.8) is 0 Å². The fourth-order valence-corrected chi connectivity index (χ4v) is 5.64. The predicted octanol–water partition coefficient (Wildman–Crippen LogP) is 8.10. The molecule has 0 aromatic heterocycles. The van der Waals surface area contributed by atoms with E-state index in [1.807, 2.05) is 0 Å². The average molecular weight is 381 g/mol. The standard InChI is InChI=1S/C29H32/c1-21-19-29(15-13-28(2,3)14-16-29)20-26-12-11-25(18-27(21)26)24-10-9-23(17-24)22-7-5-4-6-8-22/h4-9,11-12,17-18H,1,10,13-16,19-20H2,2-3H3. The maximum absolute atomic E-state index is 4.54. The Labute approximate surface area is 176 Å². The van der Waals surface area contributed by atoms with Crippen molar-refractivity contribution in [2.24, 2.45) is 10.8 Å². The molecule has 0 heteroatoms. The van der Waals surface area contributed by atoms with Crippen molar-refractivity contribution < 1.29 is 0 Å². The molecule has 2 aromatic carbocycles. The number of allylic oxidation sites excluding steroid dienone is 5. The van der Waals surface area contributed by atoms with Gasteiger partial charge < -0.3 is 0 Å². The van der Waals surface area contributed by atoms with Crippen LogP contribution in [0.1, 0.15) is 74.6 Å². The molecule has 3 aliphatic carbocycles. The van der Waals surface area contributed by atoms with Gasteiger partial charge >= 0.3 is 0 Å². The second-order valence-electron chi connectivity index (χ2n) is 10.4. The first-order chi connectivity index (χ1) is 13.9. The van der Waals surface area contributed by atoms with Crippen molar-refractivity contribution in [2.45, 2.75) is 58.8 Å². The molecule has 0 N–H and O–H groups in total. The zero-order valence-corrected chi connectivity index (χ0v) is 17.9. The fraction of sp³-hybridized carbons (Fsp3) is 0.379. The fourth-order valence-electron chi connectivity index (χ4n) is 5.64. The molecule has 0 saturated heterocycles. The van der Waals surface area contributed by atoms with Crippen molar-refractivity contribution >= 4 is 16.7 Å². The van der Waals surface area contributed by atoms with Crippen LogP contribution < -0.4 is 0 Å². The highest BCUT2D eigenvalue weighted by atomic mass is 14.5. The Balaban J connectivity index is 1.39. The van der Waals surface area contributed by atoms with E-state index in [9.17, 15) is 0 Å². The van der Waals surface area contributed by atoms with Gasteiger partial charge in [-0.3, -0.25) is 0 Å². The Kier molecular flexibility index (Phi) is 4.42. The molecule has 1 saturated carbocycles. The van der Waals surface area contributed by atoms with E-state index in [1.54, 1.807) is 0 Å². The van der Waals surface area contributed by atoms with Crippen LogP contribution in [0.15, 0.2) is 67.3 Å². The highest BCUT2D eigenvalue weighted by molar-refractivity contribution is 5.90. The number of rotatable bonds is 2. The molecule has 0 atom stereocenters. The van der Waals surface area contributed by atoms with Crippen LogP contribution in [0.3, 0.4) is 0 Å². The Hall–Kier alpha value is -2.34. The maximum Gasteiger partial charge on any atom is -0.00821 e. The molecule has 148 valence electrons. The normalized spacial score (nSPS) is 22.2. The summed E-state index contributed by atoms with van der Waals surface area (Å²) in [5.41, 5.74) is 10.8. The molecule has 1 spiro atoms.